The lowest BCUT2D eigenvalue weighted by atomic mass is 10.1. The molecule has 12 heteroatoms. The van der Waals surface area contributed by atoms with E-state index in [9.17, 15) is 14.9 Å². The van der Waals surface area contributed by atoms with Crippen molar-refractivity contribution in [1.82, 2.24) is 9.88 Å². The van der Waals surface area contributed by atoms with Crippen LogP contribution in [0.15, 0.2) is 63.8 Å². The van der Waals surface area contributed by atoms with Gasteiger partial charge in [0.05, 0.1) is 22.9 Å². The average Bonchev–Trinajstić information content (AvgIpc) is 2.82. The number of esters is 1. The number of benzene rings is 2. The smallest absolute Gasteiger partial charge is 0.342 e. The van der Waals surface area contributed by atoms with Crippen molar-refractivity contribution in [2.24, 2.45) is 15.2 Å². The molecule has 0 aliphatic rings. The fourth-order valence-corrected chi connectivity index (χ4v) is 3.10. The number of carbonyl (C=O) groups is 1. The molecule has 0 atom stereocenters. The second kappa shape index (κ2) is 11.5. The minimum atomic E-state index is -0.640. The number of aliphatic imine (C=N–C) groups is 1. The Morgan fingerprint density at radius 2 is 1.80 bits per heavy atom. The average molecular weight is 515 g/mol. The fraction of sp³-hybridized carbons (Fsp3) is 0.174. The van der Waals surface area contributed by atoms with Gasteiger partial charge in [0.1, 0.15) is 22.6 Å². The fourth-order valence-electron chi connectivity index (χ4n) is 2.82. The lowest BCUT2D eigenvalue weighted by Gasteiger charge is -2.11. The number of nitrogens with zero attached hydrogens (tertiary/aromatic N) is 6. The number of non-ortho nitro benzene ring substituents is 1. The Morgan fingerprint density at radius 1 is 1.11 bits per heavy atom. The van der Waals surface area contributed by atoms with Crippen molar-refractivity contribution >= 4 is 58.4 Å². The van der Waals surface area contributed by atoms with Crippen LogP contribution in [0.25, 0.3) is 11.3 Å². The molecule has 0 fully saturated rings. The first kappa shape index (κ1) is 25.7. The summed E-state index contributed by atoms with van der Waals surface area (Å²) >= 11 is 12.2. The minimum Gasteiger partial charge on any atom is -0.462 e. The maximum absolute atomic E-state index is 12.7. The molecule has 0 aliphatic carbocycles. The van der Waals surface area contributed by atoms with E-state index in [2.05, 4.69) is 20.2 Å². The van der Waals surface area contributed by atoms with E-state index in [0.717, 1.165) is 0 Å². The third-order valence-corrected chi connectivity index (χ3v) is 4.98. The van der Waals surface area contributed by atoms with Gasteiger partial charge in [0.25, 0.3) is 5.69 Å². The summed E-state index contributed by atoms with van der Waals surface area (Å²) in [5.74, 6) is -0.521. The lowest BCUT2D eigenvalue weighted by Crippen LogP contribution is -2.09. The summed E-state index contributed by atoms with van der Waals surface area (Å²) in [5.41, 5.74) is 1.13. The Labute approximate surface area is 211 Å². The van der Waals surface area contributed by atoms with Gasteiger partial charge < -0.3 is 9.64 Å². The van der Waals surface area contributed by atoms with Gasteiger partial charge >= 0.3 is 5.97 Å². The van der Waals surface area contributed by atoms with Gasteiger partial charge in [0.2, 0.25) is 0 Å². The summed E-state index contributed by atoms with van der Waals surface area (Å²) in [7, 11) is 3.55. The molecule has 0 bridgehead atoms. The van der Waals surface area contributed by atoms with Gasteiger partial charge in [-0.05, 0) is 31.2 Å². The normalized spacial score (nSPS) is 11.2. The van der Waals surface area contributed by atoms with Crippen molar-refractivity contribution in [1.29, 1.82) is 0 Å². The van der Waals surface area contributed by atoms with Crippen molar-refractivity contribution in [3.8, 4) is 11.3 Å². The Bertz CT molecular complexity index is 1310. The minimum absolute atomic E-state index is 0.0711. The monoisotopic (exact) mass is 514 g/mol. The number of pyridine rings is 1. The molecule has 0 spiro atoms. The molecule has 180 valence electrons. The van der Waals surface area contributed by atoms with Crippen molar-refractivity contribution in [2.75, 3.05) is 20.7 Å². The molecule has 35 heavy (non-hydrogen) atoms. The highest BCUT2D eigenvalue weighted by atomic mass is 35.5. The predicted molar refractivity (Wildman–Crippen MR) is 135 cm³/mol. The molecule has 1 aromatic heterocycles. The Kier molecular flexibility index (Phi) is 8.45. The molecule has 3 aromatic rings. The maximum atomic E-state index is 12.7. The number of halogens is 2. The second-order valence-corrected chi connectivity index (χ2v) is 8.10. The maximum Gasteiger partial charge on any atom is 0.342 e. The van der Waals surface area contributed by atoms with Crippen LogP contribution >= 0.6 is 23.2 Å². The lowest BCUT2D eigenvalue weighted by molar-refractivity contribution is -0.384. The highest BCUT2D eigenvalue weighted by Gasteiger charge is 2.20. The van der Waals surface area contributed by atoms with E-state index in [1.165, 1.54) is 30.6 Å². The van der Waals surface area contributed by atoms with E-state index in [1.807, 2.05) is 0 Å². The molecular weight excluding hydrogens is 495 g/mol. The molecule has 0 radical (unpaired) electrons. The molecular formula is C23H20Cl2N6O4. The molecule has 0 unspecified atom stereocenters. The zero-order valence-corrected chi connectivity index (χ0v) is 20.5. The topological polar surface area (TPSA) is 123 Å². The van der Waals surface area contributed by atoms with Crippen molar-refractivity contribution in [3.05, 3.63) is 74.3 Å². The van der Waals surface area contributed by atoms with Gasteiger partial charge in [0, 0.05) is 36.8 Å². The molecule has 1 heterocycles. The highest BCUT2D eigenvalue weighted by molar-refractivity contribution is 6.33. The Balaban J connectivity index is 2.22. The summed E-state index contributed by atoms with van der Waals surface area (Å²) in [6.07, 6.45) is 1.50. The standard InChI is InChI=1S/C23H20Cl2N6O4/c1-4-35-23(32)17-12-20(29-28-19-11-16(31(33)34)9-10-18(19)25)21(14-5-7-15(24)8-6-14)27-22(17)26-13-30(2)3/h5-13H,4H2,1-3H3. The van der Waals surface area contributed by atoms with Crippen LogP contribution in [-0.2, 0) is 4.74 Å². The van der Waals surface area contributed by atoms with Crippen LogP contribution in [0, 0.1) is 10.1 Å². The van der Waals surface area contributed by atoms with Gasteiger partial charge in [-0.1, -0.05) is 35.3 Å². The molecule has 0 saturated heterocycles. The molecule has 0 N–H and O–H groups in total. The third-order valence-electron chi connectivity index (χ3n) is 4.41. The number of rotatable bonds is 8. The number of nitro benzene ring substituents is 1. The van der Waals surface area contributed by atoms with Crippen LogP contribution in [0.4, 0.5) is 22.9 Å². The summed E-state index contributed by atoms with van der Waals surface area (Å²) in [4.78, 5) is 33.8. The zero-order chi connectivity index (χ0) is 25.5. The first-order valence-corrected chi connectivity index (χ1v) is 11.0. The molecule has 2 aromatic carbocycles. The first-order chi connectivity index (χ1) is 16.7. The van der Waals surface area contributed by atoms with E-state index >= 15 is 0 Å². The SMILES string of the molecule is CCOC(=O)c1cc(N=Nc2cc([N+](=O)[O-])ccc2Cl)c(-c2ccc(Cl)cc2)nc1N=CN(C)C. The van der Waals surface area contributed by atoms with E-state index in [1.54, 1.807) is 50.2 Å². The van der Waals surface area contributed by atoms with E-state index < -0.39 is 10.9 Å². The molecule has 10 nitrogen and oxygen atoms in total. The van der Waals surface area contributed by atoms with Crippen LogP contribution < -0.4 is 0 Å². The zero-order valence-electron chi connectivity index (χ0n) is 19.0. The Hall–Kier alpha value is -3.89. The van der Waals surface area contributed by atoms with Gasteiger partial charge in [0.15, 0.2) is 5.82 Å². The van der Waals surface area contributed by atoms with Crippen LogP contribution in [0.1, 0.15) is 17.3 Å². The largest absolute Gasteiger partial charge is 0.462 e. The number of hydrogen-bond donors (Lipinski definition) is 0. The highest BCUT2D eigenvalue weighted by Crippen LogP contribution is 2.37. The number of ether oxygens (including phenoxy) is 1. The number of carbonyl (C=O) groups excluding carboxylic acids is 1. The van der Waals surface area contributed by atoms with E-state index in [4.69, 9.17) is 27.9 Å². The van der Waals surface area contributed by atoms with Gasteiger partial charge in [-0.25, -0.2) is 14.8 Å². The number of azo groups is 1. The second-order valence-electron chi connectivity index (χ2n) is 7.26. The van der Waals surface area contributed by atoms with Crippen LogP contribution in [0.2, 0.25) is 10.0 Å². The summed E-state index contributed by atoms with van der Waals surface area (Å²) < 4.78 is 5.16. The number of nitro groups is 1. The Morgan fingerprint density at radius 3 is 2.43 bits per heavy atom. The summed E-state index contributed by atoms with van der Waals surface area (Å²) in [6, 6.07) is 12.1. The first-order valence-electron chi connectivity index (χ1n) is 10.2. The number of aromatic nitrogens is 1. The van der Waals surface area contributed by atoms with Crippen LogP contribution in [0.3, 0.4) is 0 Å². The summed E-state index contributed by atoms with van der Waals surface area (Å²) in [5, 5.41) is 20.1. The summed E-state index contributed by atoms with van der Waals surface area (Å²) in [6.45, 7) is 1.83. The van der Waals surface area contributed by atoms with Gasteiger partial charge in [-0.2, -0.15) is 0 Å². The van der Waals surface area contributed by atoms with Gasteiger partial charge in [-0.15, -0.1) is 10.2 Å². The third kappa shape index (κ3) is 6.58. The van der Waals surface area contributed by atoms with Crippen molar-refractivity contribution < 1.29 is 14.5 Å². The molecule has 3 rings (SSSR count). The number of hydrogen-bond acceptors (Lipinski definition) is 8. The predicted octanol–water partition coefficient (Wildman–Crippen LogP) is 6.78. The molecule has 0 aliphatic heterocycles. The van der Waals surface area contributed by atoms with Crippen LogP contribution in [0.5, 0.6) is 0 Å². The van der Waals surface area contributed by atoms with E-state index in [-0.39, 0.29) is 40.1 Å². The van der Waals surface area contributed by atoms with Crippen molar-refractivity contribution in [2.45, 2.75) is 6.92 Å². The van der Waals surface area contributed by atoms with Gasteiger partial charge in [-0.3, -0.25) is 10.1 Å². The molecule has 0 saturated carbocycles. The quantitative estimate of drug-likeness (QED) is 0.0814. The van der Waals surface area contributed by atoms with Crippen LogP contribution in [-0.4, -0.2) is 47.8 Å². The molecule has 0 amide bonds. The van der Waals surface area contributed by atoms with Crippen molar-refractivity contribution in [3.63, 3.8) is 0 Å². The van der Waals surface area contributed by atoms with E-state index in [0.29, 0.717) is 16.3 Å².